The van der Waals surface area contributed by atoms with Crippen molar-refractivity contribution in [3.05, 3.63) is 41.9 Å². The number of rotatable bonds is 3. The van der Waals surface area contributed by atoms with Gasteiger partial charge in [0.05, 0.1) is 5.60 Å². The molecule has 5 rings (SSSR count). The number of piperidine rings is 1. The highest BCUT2D eigenvalue weighted by Gasteiger charge is 2.43. The molecule has 1 atom stereocenters. The van der Waals surface area contributed by atoms with Crippen LogP contribution in [0.1, 0.15) is 41.9 Å². The van der Waals surface area contributed by atoms with E-state index in [1.807, 2.05) is 30.2 Å². The number of nitrogens with one attached hydrogen (secondary N) is 1. The van der Waals surface area contributed by atoms with Gasteiger partial charge in [-0.3, -0.25) is 14.8 Å². The van der Waals surface area contributed by atoms with Crippen molar-refractivity contribution < 1.29 is 9.53 Å². The molecule has 0 aromatic carbocycles. The van der Waals surface area contributed by atoms with Crippen LogP contribution in [0.3, 0.4) is 0 Å². The van der Waals surface area contributed by atoms with E-state index >= 15 is 0 Å². The third-order valence-corrected chi connectivity index (χ3v) is 7.16. The molecule has 8 heteroatoms. The number of pyridine rings is 1. The second-order valence-corrected chi connectivity index (χ2v) is 9.12. The van der Waals surface area contributed by atoms with E-state index in [4.69, 9.17) is 4.74 Å². The molecule has 3 fully saturated rings. The van der Waals surface area contributed by atoms with E-state index in [9.17, 15) is 4.79 Å². The highest BCUT2D eigenvalue weighted by Crippen LogP contribution is 2.37. The number of likely N-dealkylation sites (tertiary alicyclic amines) is 1. The third-order valence-electron chi connectivity index (χ3n) is 7.16. The lowest BCUT2D eigenvalue weighted by molar-refractivity contribution is -0.130. The zero-order valence-electron chi connectivity index (χ0n) is 18.3. The fourth-order valence-corrected chi connectivity index (χ4v) is 5.33. The SMILES string of the molecule is Cc1cc(C(=O)N2CCC3(CC2)CC(N2CCN(c4ccccn4)CC2)CCO3)n[nH]1. The minimum Gasteiger partial charge on any atom is -0.375 e. The Balaban J connectivity index is 1.15. The van der Waals surface area contributed by atoms with Gasteiger partial charge in [0.1, 0.15) is 11.5 Å². The Morgan fingerprint density at radius 3 is 2.65 bits per heavy atom. The first kappa shape index (κ1) is 20.5. The van der Waals surface area contributed by atoms with E-state index in [0.29, 0.717) is 11.7 Å². The van der Waals surface area contributed by atoms with Crippen molar-refractivity contribution in [1.82, 2.24) is 25.0 Å². The van der Waals surface area contributed by atoms with Crippen molar-refractivity contribution in [3.8, 4) is 0 Å². The van der Waals surface area contributed by atoms with Gasteiger partial charge in [0.2, 0.25) is 0 Å². The van der Waals surface area contributed by atoms with Gasteiger partial charge in [0.15, 0.2) is 0 Å². The van der Waals surface area contributed by atoms with Gasteiger partial charge in [-0.1, -0.05) is 6.07 Å². The van der Waals surface area contributed by atoms with Crippen LogP contribution in [0.2, 0.25) is 0 Å². The van der Waals surface area contributed by atoms with E-state index in [1.54, 1.807) is 0 Å². The third kappa shape index (κ3) is 4.32. The molecule has 0 radical (unpaired) electrons. The van der Waals surface area contributed by atoms with E-state index in [0.717, 1.165) is 83.1 Å². The van der Waals surface area contributed by atoms with E-state index in [2.05, 4.69) is 37.1 Å². The molecule has 3 aliphatic rings. The molecule has 0 saturated carbocycles. The van der Waals surface area contributed by atoms with Gasteiger partial charge in [0, 0.05) is 63.8 Å². The van der Waals surface area contributed by atoms with Gasteiger partial charge >= 0.3 is 0 Å². The van der Waals surface area contributed by atoms with Crippen molar-refractivity contribution in [1.29, 1.82) is 0 Å². The highest BCUT2D eigenvalue weighted by atomic mass is 16.5. The summed E-state index contributed by atoms with van der Waals surface area (Å²) in [6, 6.07) is 8.51. The summed E-state index contributed by atoms with van der Waals surface area (Å²) in [5, 5.41) is 7.00. The zero-order chi connectivity index (χ0) is 21.3. The molecule has 8 nitrogen and oxygen atoms in total. The smallest absolute Gasteiger partial charge is 0.274 e. The number of hydrogen-bond acceptors (Lipinski definition) is 6. The normalized spacial score (nSPS) is 24.5. The summed E-state index contributed by atoms with van der Waals surface area (Å²) < 4.78 is 6.35. The standard InChI is InChI=1S/C23H32N6O2/c1-18-16-20(26-25-18)22(30)29-9-6-23(7-10-29)17-19(5-15-31-23)27-11-13-28(14-12-27)21-4-2-3-8-24-21/h2-4,8,16,19H,5-7,9-15,17H2,1H3,(H,25,26). The second kappa shape index (κ2) is 8.59. The average molecular weight is 425 g/mol. The molecule has 166 valence electrons. The van der Waals surface area contributed by atoms with Crippen LogP contribution < -0.4 is 4.90 Å². The van der Waals surface area contributed by atoms with Crippen molar-refractivity contribution in [2.24, 2.45) is 0 Å². The van der Waals surface area contributed by atoms with E-state index < -0.39 is 0 Å². The Morgan fingerprint density at radius 2 is 1.97 bits per heavy atom. The van der Waals surface area contributed by atoms with Crippen LogP contribution in [-0.4, -0.2) is 88.4 Å². The first-order chi connectivity index (χ1) is 15.1. The molecule has 0 aliphatic carbocycles. The van der Waals surface area contributed by atoms with Crippen LogP contribution in [0.4, 0.5) is 5.82 Å². The average Bonchev–Trinajstić information content (AvgIpc) is 3.26. The van der Waals surface area contributed by atoms with Gasteiger partial charge in [-0.15, -0.1) is 0 Å². The van der Waals surface area contributed by atoms with Crippen molar-refractivity contribution in [2.75, 3.05) is 50.8 Å². The molecule has 31 heavy (non-hydrogen) atoms. The molecular formula is C23H32N6O2. The summed E-state index contributed by atoms with van der Waals surface area (Å²) in [4.78, 5) is 24.2. The number of amides is 1. The number of H-pyrrole nitrogens is 1. The van der Waals surface area contributed by atoms with Gasteiger partial charge < -0.3 is 14.5 Å². The number of hydrogen-bond donors (Lipinski definition) is 1. The zero-order valence-corrected chi connectivity index (χ0v) is 18.3. The molecule has 3 saturated heterocycles. The van der Waals surface area contributed by atoms with E-state index in [-0.39, 0.29) is 11.5 Å². The minimum atomic E-state index is -0.0840. The Bertz CT molecular complexity index is 884. The van der Waals surface area contributed by atoms with Crippen LogP contribution >= 0.6 is 0 Å². The molecule has 1 unspecified atom stereocenters. The maximum Gasteiger partial charge on any atom is 0.274 e. The number of aromatic nitrogens is 3. The lowest BCUT2D eigenvalue weighted by Gasteiger charge is -2.49. The Hall–Kier alpha value is -2.45. The van der Waals surface area contributed by atoms with Gasteiger partial charge in [-0.05, 0) is 50.8 Å². The molecule has 0 bridgehead atoms. The van der Waals surface area contributed by atoms with E-state index in [1.165, 1.54) is 0 Å². The van der Waals surface area contributed by atoms with Gasteiger partial charge in [0.25, 0.3) is 5.91 Å². The summed E-state index contributed by atoms with van der Waals surface area (Å²) in [5.41, 5.74) is 1.35. The summed E-state index contributed by atoms with van der Waals surface area (Å²) in [6.45, 7) is 8.40. The number of ether oxygens (including phenoxy) is 1. The van der Waals surface area contributed by atoms with Crippen LogP contribution in [0.15, 0.2) is 30.5 Å². The van der Waals surface area contributed by atoms with Crippen molar-refractivity contribution in [3.63, 3.8) is 0 Å². The number of carbonyl (C=O) groups excluding carboxylic acids is 1. The maximum absolute atomic E-state index is 12.7. The topological polar surface area (TPSA) is 77.6 Å². The second-order valence-electron chi connectivity index (χ2n) is 9.12. The Morgan fingerprint density at radius 1 is 1.16 bits per heavy atom. The fraction of sp³-hybridized carbons (Fsp3) is 0.609. The summed E-state index contributed by atoms with van der Waals surface area (Å²) >= 11 is 0. The van der Waals surface area contributed by atoms with Crippen LogP contribution in [0.25, 0.3) is 0 Å². The fourth-order valence-electron chi connectivity index (χ4n) is 5.33. The molecule has 1 N–H and O–H groups in total. The van der Waals surface area contributed by atoms with Gasteiger partial charge in [-0.2, -0.15) is 5.10 Å². The number of piperazine rings is 1. The number of carbonyl (C=O) groups is 1. The maximum atomic E-state index is 12.7. The van der Waals surface area contributed by atoms with Crippen molar-refractivity contribution in [2.45, 2.75) is 44.2 Å². The number of aromatic amines is 1. The summed E-state index contributed by atoms with van der Waals surface area (Å²) in [5.74, 6) is 1.10. The predicted octanol–water partition coefficient (Wildman–Crippen LogP) is 2.09. The molecule has 5 heterocycles. The predicted molar refractivity (Wildman–Crippen MR) is 118 cm³/mol. The number of anilines is 1. The summed E-state index contributed by atoms with van der Waals surface area (Å²) in [6.07, 6.45) is 5.86. The molecular weight excluding hydrogens is 392 g/mol. The lowest BCUT2D eigenvalue weighted by Crippen LogP contribution is -2.57. The highest BCUT2D eigenvalue weighted by molar-refractivity contribution is 5.92. The van der Waals surface area contributed by atoms with Crippen LogP contribution in [0, 0.1) is 6.92 Å². The van der Waals surface area contributed by atoms with Gasteiger partial charge in [-0.25, -0.2) is 4.98 Å². The number of aryl methyl sites for hydroxylation is 1. The summed E-state index contributed by atoms with van der Waals surface area (Å²) in [7, 11) is 0. The number of nitrogens with zero attached hydrogens (tertiary/aromatic N) is 5. The molecule has 2 aromatic rings. The molecule has 1 spiro atoms. The molecule has 2 aromatic heterocycles. The molecule has 3 aliphatic heterocycles. The quantitative estimate of drug-likeness (QED) is 0.813. The first-order valence-electron chi connectivity index (χ1n) is 11.5. The largest absolute Gasteiger partial charge is 0.375 e. The first-order valence-corrected chi connectivity index (χ1v) is 11.5. The Labute approximate surface area is 183 Å². The van der Waals surface area contributed by atoms with Crippen molar-refractivity contribution >= 4 is 11.7 Å². The Kier molecular flexibility index (Phi) is 5.67. The molecule has 1 amide bonds. The van der Waals surface area contributed by atoms with Crippen LogP contribution in [-0.2, 0) is 4.74 Å². The van der Waals surface area contributed by atoms with Crippen LogP contribution in [0.5, 0.6) is 0 Å². The minimum absolute atomic E-state index is 0.0252. The lowest BCUT2D eigenvalue weighted by atomic mass is 9.81. The monoisotopic (exact) mass is 424 g/mol.